The van der Waals surface area contributed by atoms with Crippen molar-refractivity contribution >= 4 is 33.2 Å². The minimum Gasteiger partial charge on any atom is -0.437 e. The van der Waals surface area contributed by atoms with Gasteiger partial charge in [-0.15, -0.1) is 0 Å². The second kappa shape index (κ2) is 5.16. The third kappa shape index (κ3) is 2.76. The lowest BCUT2D eigenvalue weighted by Crippen LogP contribution is -1.95. The van der Waals surface area contributed by atoms with Gasteiger partial charge in [0, 0.05) is 5.02 Å². The maximum Gasteiger partial charge on any atom is 0.233 e. The zero-order valence-corrected chi connectivity index (χ0v) is 12.3. The summed E-state index contributed by atoms with van der Waals surface area (Å²) in [5.74, 6) is 1.25. The summed E-state index contributed by atoms with van der Waals surface area (Å²) in [5.41, 5.74) is 8.14. The van der Waals surface area contributed by atoms with Gasteiger partial charge in [0.2, 0.25) is 5.88 Å². The summed E-state index contributed by atoms with van der Waals surface area (Å²) >= 11 is 9.35. The van der Waals surface area contributed by atoms with Gasteiger partial charge in [-0.1, -0.05) is 11.6 Å². The van der Waals surface area contributed by atoms with Gasteiger partial charge in [0.1, 0.15) is 5.75 Å². The molecule has 0 spiro atoms. The molecule has 2 N–H and O–H groups in total. The van der Waals surface area contributed by atoms with Gasteiger partial charge >= 0.3 is 0 Å². The van der Waals surface area contributed by atoms with E-state index in [0.29, 0.717) is 16.6 Å². The zero-order chi connectivity index (χ0) is 13.3. The van der Waals surface area contributed by atoms with Crippen LogP contribution in [0, 0.1) is 13.8 Å². The van der Waals surface area contributed by atoms with Crippen molar-refractivity contribution in [1.82, 2.24) is 4.98 Å². The molecular weight excluding hydrogens is 316 g/mol. The van der Waals surface area contributed by atoms with Crippen molar-refractivity contribution in [2.75, 3.05) is 5.73 Å². The number of nitrogens with two attached hydrogens (primary N) is 1. The molecule has 0 radical (unpaired) electrons. The smallest absolute Gasteiger partial charge is 0.233 e. The van der Waals surface area contributed by atoms with Crippen LogP contribution in [0.15, 0.2) is 28.9 Å². The molecule has 0 aliphatic heterocycles. The van der Waals surface area contributed by atoms with Crippen LogP contribution >= 0.6 is 27.5 Å². The fourth-order valence-electron chi connectivity index (χ4n) is 1.67. The van der Waals surface area contributed by atoms with E-state index in [0.717, 1.165) is 21.3 Å². The number of halogens is 2. The Kier molecular flexibility index (Phi) is 3.78. The number of anilines is 1. The van der Waals surface area contributed by atoms with Crippen LogP contribution in [-0.4, -0.2) is 4.98 Å². The Balaban J connectivity index is 2.40. The monoisotopic (exact) mass is 326 g/mol. The molecular formula is C13H12BrClN2O. The number of pyridine rings is 1. The number of rotatable bonds is 2. The summed E-state index contributed by atoms with van der Waals surface area (Å²) in [5, 5.41) is 0.696. The Morgan fingerprint density at radius 2 is 1.83 bits per heavy atom. The largest absolute Gasteiger partial charge is 0.437 e. The van der Waals surface area contributed by atoms with E-state index < -0.39 is 0 Å². The van der Waals surface area contributed by atoms with E-state index in [1.165, 1.54) is 0 Å². The molecule has 0 unspecified atom stereocenters. The maximum absolute atomic E-state index is 5.98. The van der Waals surface area contributed by atoms with Crippen molar-refractivity contribution in [1.29, 1.82) is 0 Å². The molecule has 0 aliphatic rings. The van der Waals surface area contributed by atoms with Crippen LogP contribution in [0.1, 0.15) is 11.1 Å². The first kappa shape index (κ1) is 13.2. The van der Waals surface area contributed by atoms with Gasteiger partial charge in [-0.25, -0.2) is 4.98 Å². The molecule has 94 valence electrons. The zero-order valence-electron chi connectivity index (χ0n) is 10.00. The molecule has 5 heteroatoms. The van der Waals surface area contributed by atoms with E-state index in [-0.39, 0.29) is 0 Å². The summed E-state index contributed by atoms with van der Waals surface area (Å²) in [6.07, 6.45) is 1.56. The third-order valence-corrected chi connectivity index (χ3v) is 3.24. The van der Waals surface area contributed by atoms with E-state index in [4.69, 9.17) is 22.1 Å². The van der Waals surface area contributed by atoms with E-state index in [1.54, 1.807) is 12.3 Å². The van der Waals surface area contributed by atoms with E-state index >= 15 is 0 Å². The Morgan fingerprint density at radius 1 is 1.22 bits per heavy atom. The molecule has 1 aromatic heterocycles. The highest BCUT2D eigenvalue weighted by Crippen LogP contribution is 2.34. The van der Waals surface area contributed by atoms with E-state index in [9.17, 15) is 0 Å². The Labute approximate surface area is 119 Å². The minimum atomic E-state index is 0.484. The fourth-order valence-corrected chi connectivity index (χ4v) is 2.45. The molecule has 2 aromatic rings. The summed E-state index contributed by atoms with van der Waals surface area (Å²) < 4.78 is 6.53. The number of benzene rings is 1. The molecule has 0 aliphatic carbocycles. The van der Waals surface area contributed by atoms with Crippen LogP contribution in [0.3, 0.4) is 0 Å². The SMILES string of the molecule is Cc1cc(Cl)cc(C)c1Oc1ncc(N)cc1Br. The van der Waals surface area contributed by atoms with Gasteiger partial charge in [-0.3, -0.25) is 0 Å². The Bertz CT molecular complexity index is 579. The average Bonchev–Trinajstić information content (AvgIpc) is 2.25. The van der Waals surface area contributed by atoms with Gasteiger partial charge in [0.05, 0.1) is 16.4 Å². The highest BCUT2D eigenvalue weighted by atomic mass is 79.9. The molecule has 0 bridgehead atoms. The number of hydrogen-bond acceptors (Lipinski definition) is 3. The number of nitrogens with zero attached hydrogens (tertiary/aromatic N) is 1. The van der Waals surface area contributed by atoms with Crippen molar-refractivity contribution in [3.05, 3.63) is 45.0 Å². The molecule has 2 rings (SSSR count). The van der Waals surface area contributed by atoms with Gasteiger partial charge in [0.15, 0.2) is 0 Å². The number of ether oxygens (including phenoxy) is 1. The first-order valence-electron chi connectivity index (χ1n) is 5.33. The van der Waals surface area contributed by atoms with E-state index in [1.807, 2.05) is 26.0 Å². The van der Waals surface area contributed by atoms with Crippen molar-refractivity contribution < 1.29 is 4.74 Å². The molecule has 0 amide bonds. The van der Waals surface area contributed by atoms with Crippen LogP contribution in [-0.2, 0) is 0 Å². The van der Waals surface area contributed by atoms with Crippen molar-refractivity contribution in [3.8, 4) is 11.6 Å². The predicted octanol–water partition coefficient (Wildman–Crippen LogP) is 4.49. The van der Waals surface area contributed by atoms with Gasteiger partial charge < -0.3 is 10.5 Å². The molecule has 0 fully saturated rings. The molecule has 3 nitrogen and oxygen atoms in total. The number of aromatic nitrogens is 1. The third-order valence-electron chi connectivity index (χ3n) is 2.45. The van der Waals surface area contributed by atoms with Crippen LogP contribution < -0.4 is 10.5 Å². The van der Waals surface area contributed by atoms with E-state index in [2.05, 4.69) is 20.9 Å². The van der Waals surface area contributed by atoms with Crippen LogP contribution in [0.25, 0.3) is 0 Å². The Hall–Kier alpha value is -1.26. The predicted molar refractivity (Wildman–Crippen MR) is 77.3 cm³/mol. The number of hydrogen-bond donors (Lipinski definition) is 1. The topological polar surface area (TPSA) is 48.1 Å². The quantitative estimate of drug-likeness (QED) is 0.884. The molecule has 1 heterocycles. The van der Waals surface area contributed by atoms with Crippen LogP contribution in [0.4, 0.5) is 5.69 Å². The Morgan fingerprint density at radius 3 is 2.39 bits per heavy atom. The van der Waals surface area contributed by atoms with Gasteiger partial charge in [-0.2, -0.15) is 0 Å². The molecule has 0 saturated carbocycles. The molecule has 0 atom stereocenters. The van der Waals surface area contributed by atoms with Gasteiger partial charge in [-0.05, 0) is 59.1 Å². The second-order valence-corrected chi connectivity index (χ2v) is 5.32. The normalized spacial score (nSPS) is 10.4. The van der Waals surface area contributed by atoms with Crippen molar-refractivity contribution in [2.24, 2.45) is 0 Å². The number of aryl methyl sites for hydroxylation is 2. The van der Waals surface area contributed by atoms with Crippen LogP contribution in [0.2, 0.25) is 5.02 Å². The van der Waals surface area contributed by atoms with Gasteiger partial charge in [0.25, 0.3) is 0 Å². The summed E-state index contributed by atoms with van der Waals surface area (Å²) in [6, 6.07) is 5.47. The highest BCUT2D eigenvalue weighted by Gasteiger charge is 2.10. The molecule has 1 aromatic carbocycles. The number of nitrogen functional groups attached to an aromatic ring is 1. The van der Waals surface area contributed by atoms with Crippen LogP contribution in [0.5, 0.6) is 11.6 Å². The summed E-state index contributed by atoms with van der Waals surface area (Å²) in [7, 11) is 0. The first-order chi connectivity index (χ1) is 8.47. The highest BCUT2D eigenvalue weighted by molar-refractivity contribution is 9.10. The second-order valence-electron chi connectivity index (χ2n) is 4.03. The lowest BCUT2D eigenvalue weighted by molar-refractivity contribution is 0.453. The minimum absolute atomic E-state index is 0.484. The summed E-state index contributed by atoms with van der Waals surface area (Å²) in [4.78, 5) is 4.15. The standard InChI is InChI=1S/C13H12BrClN2O/c1-7-3-9(15)4-8(2)12(7)18-13-11(14)5-10(16)6-17-13/h3-6H,16H2,1-2H3. The first-order valence-corrected chi connectivity index (χ1v) is 6.50. The van der Waals surface area contributed by atoms with Crippen molar-refractivity contribution in [3.63, 3.8) is 0 Å². The lowest BCUT2D eigenvalue weighted by Gasteiger charge is -2.12. The maximum atomic E-state index is 5.98. The lowest BCUT2D eigenvalue weighted by atomic mass is 10.1. The average molecular weight is 328 g/mol. The molecule has 0 saturated heterocycles. The molecule has 18 heavy (non-hydrogen) atoms. The fraction of sp³-hybridized carbons (Fsp3) is 0.154. The van der Waals surface area contributed by atoms with Crippen molar-refractivity contribution in [2.45, 2.75) is 13.8 Å². The summed E-state index contributed by atoms with van der Waals surface area (Å²) in [6.45, 7) is 3.89.